The topological polar surface area (TPSA) is 50.3 Å². The van der Waals surface area contributed by atoms with Gasteiger partial charge in [-0.2, -0.15) is 0 Å². The van der Waals surface area contributed by atoms with Crippen molar-refractivity contribution in [1.82, 2.24) is 9.88 Å². The maximum Gasteiger partial charge on any atom is 0.293 e. The lowest BCUT2D eigenvalue weighted by atomic mass is 10.1. The first kappa shape index (κ1) is 18.0. The molecule has 134 valence electrons. The first-order valence-electron chi connectivity index (χ1n) is 8.07. The summed E-state index contributed by atoms with van der Waals surface area (Å²) in [7, 11) is 0. The maximum absolute atomic E-state index is 12.7. The van der Waals surface area contributed by atoms with Crippen molar-refractivity contribution in [1.29, 1.82) is 0 Å². The third kappa shape index (κ3) is 3.58. The van der Waals surface area contributed by atoms with E-state index in [9.17, 15) is 9.59 Å². The lowest BCUT2D eigenvalue weighted by molar-refractivity contribution is -0.123. The Kier molecular flexibility index (Phi) is 4.91. The molecule has 4 nitrogen and oxygen atoms in total. The Morgan fingerprint density at radius 1 is 1.04 bits per heavy atom. The van der Waals surface area contributed by atoms with E-state index in [0.29, 0.717) is 21.1 Å². The van der Waals surface area contributed by atoms with Crippen molar-refractivity contribution >= 4 is 63.1 Å². The van der Waals surface area contributed by atoms with Gasteiger partial charge in [0.2, 0.25) is 0 Å². The fourth-order valence-corrected chi connectivity index (χ4v) is 4.01. The van der Waals surface area contributed by atoms with Crippen molar-refractivity contribution in [2.45, 2.75) is 6.54 Å². The lowest BCUT2D eigenvalue weighted by Crippen LogP contribution is -2.27. The van der Waals surface area contributed by atoms with Crippen LogP contribution in [0.25, 0.3) is 17.0 Å². The molecule has 2 aromatic carbocycles. The minimum Gasteiger partial charge on any atom is -0.268 e. The number of para-hydroxylation sites is 1. The highest BCUT2D eigenvalue weighted by molar-refractivity contribution is 8.18. The van der Waals surface area contributed by atoms with E-state index in [1.165, 1.54) is 4.90 Å². The molecule has 0 N–H and O–H groups in total. The summed E-state index contributed by atoms with van der Waals surface area (Å²) in [5.41, 5.74) is 2.07. The van der Waals surface area contributed by atoms with Gasteiger partial charge in [-0.15, -0.1) is 0 Å². The van der Waals surface area contributed by atoms with Gasteiger partial charge in [0.1, 0.15) is 5.15 Å². The summed E-state index contributed by atoms with van der Waals surface area (Å²) in [5, 5.41) is 1.35. The molecule has 2 heterocycles. The normalized spacial score (nSPS) is 15.9. The van der Waals surface area contributed by atoms with E-state index in [-0.39, 0.29) is 22.8 Å². The number of benzene rings is 2. The predicted molar refractivity (Wildman–Crippen MR) is 110 cm³/mol. The molecule has 0 spiro atoms. The van der Waals surface area contributed by atoms with E-state index in [4.69, 9.17) is 23.2 Å². The van der Waals surface area contributed by atoms with Gasteiger partial charge in [-0.25, -0.2) is 4.98 Å². The summed E-state index contributed by atoms with van der Waals surface area (Å²) in [6.45, 7) is 0.0706. The van der Waals surface area contributed by atoms with E-state index >= 15 is 0 Å². The van der Waals surface area contributed by atoms with E-state index in [2.05, 4.69) is 4.98 Å². The molecule has 0 aliphatic carbocycles. The fraction of sp³-hybridized carbons (Fsp3) is 0.0500. The largest absolute Gasteiger partial charge is 0.293 e. The number of hydrogen-bond acceptors (Lipinski definition) is 4. The Morgan fingerprint density at radius 3 is 2.59 bits per heavy atom. The minimum absolute atomic E-state index is 0.0706. The van der Waals surface area contributed by atoms with Crippen LogP contribution in [0.5, 0.6) is 0 Å². The van der Waals surface area contributed by atoms with Gasteiger partial charge in [0, 0.05) is 16.0 Å². The van der Waals surface area contributed by atoms with Gasteiger partial charge in [0.25, 0.3) is 11.1 Å². The molecule has 1 saturated heterocycles. The molecule has 4 rings (SSSR count). The highest BCUT2D eigenvalue weighted by Gasteiger charge is 2.35. The van der Waals surface area contributed by atoms with Gasteiger partial charge < -0.3 is 0 Å². The number of halogens is 2. The molecule has 0 radical (unpaired) electrons. The molecular weight excluding hydrogens is 403 g/mol. The van der Waals surface area contributed by atoms with Crippen molar-refractivity contribution < 1.29 is 9.59 Å². The van der Waals surface area contributed by atoms with Crippen molar-refractivity contribution in [3.05, 3.63) is 80.8 Å². The number of carbonyl (C=O) groups excluding carboxylic acids is 2. The summed E-state index contributed by atoms with van der Waals surface area (Å²) < 4.78 is 0. The van der Waals surface area contributed by atoms with Crippen molar-refractivity contribution in [2.75, 3.05) is 0 Å². The van der Waals surface area contributed by atoms with E-state index in [0.717, 1.165) is 22.7 Å². The molecule has 1 aliphatic rings. The molecule has 7 heteroatoms. The summed E-state index contributed by atoms with van der Waals surface area (Å²) in [4.78, 5) is 30.9. The van der Waals surface area contributed by atoms with Crippen LogP contribution in [-0.2, 0) is 11.3 Å². The number of imide groups is 1. The highest BCUT2D eigenvalue weighted by Crippen LogP contribution is 2.35. The second kappa shape index (κ2) is 7.35. The Balaban J connectivity index is 1.64. The molecule has 0 unspecified atom stereocenters. The first-order valence-corrected chi connectivity index (χ1v) is 9.64. The quantitative estimate of drug-likeness (QED) is 0.402. The summed E-state index contributed by atoms with van der Waals surface area (Å²) in [6.07, 6.45) is 1.63. The van der Waals surface area contributed by atoms with Crippen LogP contribution in [0.15, 0.2) is 59.5 Å². The first-order chi connectivity index (χ1) is 13.0. The number of fused-ring (bicyclic) bond motifs is 1. The number of carbonyl (C=O) groups is 2. The summed E-state index contributed by atoms with van der Waals surface area (Å²) >= 11 is 13.3. The van der Waals surface area contributed by atoms with Crippen molar-refractivity contribution in [3.63, 3.8) is 0 Å². The number of rotatable bonds is 3. The third-order valence-electron chi connectivity index (χ3n) is 4.14. The van der Waals surface area contributed by atoms with E-state index in [1.54, 1.807) is 24.3 Å². The Morgan fingerprint density at radius 2 is 1.78 bits per heavy atom. The minimum atomic E-state index is -0.367. The van der Waals surface area contributed by atoms with Crippen molar-refractivity contribution in [2.24, 2.45) is 0 Å². The maximum atomic E-state index is 12.7. The number of thioether (sulfide) groups is 1. The zero-order valence-corrected chi connectivity index (χ0v) is 16.2. The van der Waals surface area contributed by atoms with Gasteiger partial charge in [-0.1, -0.05) is 59.6 Å². The smallest absolute Gasteiger partial charge is 0.268 e. The van der Waals surface area contributed by atoms with Crippen LogP contribution in [0, 0.1) is 0 Å². The Labute approximate surface area is 169 Å². The van der Waals surface area contributed by atoms with Crippen LogP contribution in [0.4, 0.5) is 4.79 Å². The van der Waals surface area contributed by atoms with Gasteiger partial charge in [-0.3, -0.25) is 14.5 Å². The molecule has 1 fully saturated rings. The Bertz CT molecular complexity index is 1110. The van der Waals surface area contributed by atoms with Crippen LogP contribution in [0.2, 0.25) is 10.2 Å². The molecular formula is C20H12Cl2N2O2S. The van der Waals surface area contributed by atoms with Crippen LogP contribution in [-0.4, -0.2) is 21.0 Å². The number of aromatic nitrogens is 1. The third-order valence-corrected chi connectivity index (χ3v) is 5.72. The van der Waals surface area contributed by atoms with Crippen molar-refractivity contribution in [3.8, 4) is 0 Å². The van der Waals surface area contributed by atoms with Gasteiger partial charge in [-0.05, 0) is 41.6 Å². The van der Waals surface area contributed by atoms with E-state index < -0.39 is 0 Å². The van der Waals surface area contributed by atoms with Gasteiger partial charge in [0.05, 0.1) is 17.0 Å². The molecule has 0 bridgehead atoms. The number of hydrogen-bond donors (Lipinski definition) is 0. The second-order valence-corrected chi connectivity index (χ2v) is 7.68. The lowest BCUT2D eigenvalue weighted by Gasteiger charge is -2.14. The second-order valence-electron chi connectivity index (χ2n) is 5.92. The SMILES string of the molecule is O=C1S/C(=C\c2ccccc2Cl)C(=O)N1Cc1cc2ccccc2nc1Cl. The molecule has 0 atom stereocenters. The monoisotopic (exact) mass is 414 g/mol. The molecule has 3 aromatic rings. The van der Waals surface area contributed by atoms with Crippen LogP contribution in [0.1, 0.15) is 11.1 Å². The number of amides is 2. The van der Waals surface area contributed by atoms with E-state index in [1.807, 2.05) is 36.4 Å². The Hall–Kier alpha value is -2.34. The zero-order valence-electron chi connectivity index (χ0n) is 13.9. The molecule has 1 aliphatic heterocycles. The number of pyridine rings is 1. The summed E-state index contributed by atoms with van der Waals surface area (Å²) in [5.74, 6) is -0.367. The zero-order chi connectivity index (χ0) is 19.0. The van der Waals surface area contributed by atoms with Crippen LogP contribution < -0.4 is 0 Å². The number of nitrogens with zero attached hydrogens (tertiary/aromatic N) is 2. The highest BCUT2D eigenvalue weighted by atomic mass is 35.5. The molecule has 0 saturated carbocycles. The van der Waals surface area contributed by atoms with Crippen LogP contribution in [0.3, 0.4) is 0 Å². The molecule has 2 amide bonds. The summed E-state index contributed by atoms with van der Waals surface area (Å²) in [6, 6.07) is 16.5. The van der Waals surface area contributed by atoms with Gasteiger partial charge in [0.15, 0.2) is 0 Å². The molecule has 27 heavy (non-hydrogen) atoms. The average molecular weight is 415 g/mol. The predicted octanol–water partition coefficient (Wildman–Crippen LogP) is 5.78. The fourth-order valence-electron chi connectivity index (χ4n) is 2.79. The van der Waals surface area contributed by atoms with Gasteiger partial charge >= 0.3 is 0 Å². The average Bonchev–Trinajstić information content (AvgIpc) is 2.91. The van der Waals surface area contributed by atoms with Crippen LogP contribution >= 0.6 is 35.0 Å². The molecule has 1 aromatic heterocycles. The standard InChI is InChI=1S/C20H12Cl2N2O2S/c21-15-7-3-1-5-12(15)10-17-19(25)24(20(26)27-17)11-14-9-13-6-2-4-8-16(13)23-18(14)22/h1-10H,11H2/b17-10-.